The van der Waals surface area contributed by atoms with Gasteiger partial charge in [-0.2, -0.15) is 0 Å². The molecule has 0 bridgehead atoms. The molecule has 4 heteroatoms. The van der Waals surface area contributed by atoms with Crippen molar-refractivity contribution in [2.24, 2.45) is 5.92 Å². The lowest BCUT2D eigenvalue weighted by atomic mass is 10.1. The van der Waals surface area contributed by atoms with E-state index < -0.39 is 0 Å². The number of pyridine rings is 1. The average molecular weight is 283 g/mol. The number of carbonyl (C=O) groups excluding carboxylic acids is 1. The SMILES string of the molecule is CC(C)CCNc1ccc(NC(=O)c2ccccc2)nc1. The van der Waals surface area contributed by atoms with Gasteiger partial charge < -0.3 is 10.6 Å². The molecule has 2 N–H and O–H groups in total. The maximum atomic E-state index is 12.0. The first-order valence-corrected chi connectivity index (χ1v) is 7.21. The van der Waals surface area contributed by atoms with Crippen LogP contribution in [0.25, 0.3) is 0 Å². The van der Waals surface area contributed by atoms with Crippen LogP contribution < -0.4 is 10.6 Å². The van der Waals surface area contributed by atoms with Crippen molar-refractivity contribution in [3.05, 3.63) is 54.2 Å². The number of anilines is 2. The van der Waals surface area contributed by atoms with Crippen molar-refractivity contribution in [3.63, 3.8) is 0 Å². The van der Waals surface area contributed by atoms with Gasteiger partial charge in [0, 0.05) is 12.1 Å². The van der Waals surface area contributed by atoms with Crippen LogP contribution in [0.2, 0.25) is 0 Å². The van der Waals surface area contributed by atoms with Crippen LogP contribution in [0.3, 0.4) is 0 Å². The molecule has 0 unspecified atom stereocenters. The summed E-state index contributed by atoms with van der Waals surface area (Å²) in [5.74, 6) is 1.08. The van der Waals surface area contributed by atoms with Crippen LogP contribution in [-0.4, -0.2) is 17.4 Å². The van der Waals surface area contributed by atoms with Crippen molar-refractivity contribution in [3.8, 4) is 0 Å². The topological polar surface area (TPSA) is 54.0 Å². The molecule has 1 amide bonds. The number of hydrogen-bond acceptors (Lipinski definition) is 3. The highest BCUT2D eigenvalue weighted by molar-refractivity contribution is 6.03. The summed E-state index contributed by atoms with van der Waals surface area (Å²) in [6.07, 6.45) is 2.85. The summed E-state index contributed by atoms with van der Waals surface area (Å²) < 4.78 is 0. The first kappa shape index (κ1) is 15.0. The number of rotatable bonds is 6. The molecule has 1 aromatic carbocycles. The Labute approximate surface area is 125 Å². The highest BCUT2D eigenvalue weighted by Gasteiger charge is 2.05. The predicted molar refractivity (Wildman–Crippen MR) is 86.6 cm³/mol. The van der Waals surface area contributed by atoms with Crippen LogP contribution in [-0.2, 0) is 0 Å². The van der Waals surface area contributed by atoms with Crippen molar-refractivity contribution in [2.45, 2.75) is 20.3 Å². The lowest BCUT2D eigenvalue weighted by molar-refractivity contribution is 0.102. The van der Waals surface area contributed by atoms with Crippen LogP contribution >= 0.6 is 0 Å². The maximum absolute atomic E-state index is 12.0. The summed E-state index contributed by atoms with van der Waals surface area (Å²) in [7, 11) is 0. The molecule has 1 aromatic heterocycles. The Bertz CT molecular complexity index is 564. The zero-order chi connectivity index (χ0) is 15.1. The van der Waals surface area contributed by atoms with Gasteiger partial charge in [-0.05, 0) is 36.6 Å². The fourth-order valence-electron chi connectivity index (χ4n) is 1.86. The largest absolute Gasteiger partial charge is 0.384 e. The predicted octanol–water partition coefficient (Wildman–Crippen LogP) is 3.79. The molecule has 0 spiro atoms. The molecule has 0 saturated carbocycles. The second-order valence-electron chi connectivity index (χ2n) is 5.36. The molecule has 0 aliphatic rings. The number of amides is 1. The van der Waals surface area contributed by atoms with Gasteiger partial charge in [-0.25, -0.2) is 4.98 Å². The van der Waals surface area contributed by atoms with Crippen LogP contribution in [0, 0.1) is 5.92 Å². The van der Waals surface area contributed by atoms with Crippen molar-refractivity contribution >= 4 is 17.4 Å². The molecule has 0 saturated heterocycles. The van der Waals surface area contributed by atoms with Crippen LogP contribution in [0.1, 0.15) is 30.6 Å². The van der Waals surface area contributed by atoms with E-state index in [0.29, 0.717) is 17.3 Å². The number of nitrogens with one attached hydrogen (secondary N) is 2. The third-order valence-corrected chi connectivity index (χ3v) is 3.09. The van der Waals surface area contributed by atoms with Gasteiger partial charge in [0.1, 0.15) is 5.82 Å². The molecule has 0 atom stereocenters. The van der Waals surface area contributed by atoms with E-state index in [1.807, 2.05) is 24.3 Å². The molecule has 2 aromatic rings. The Kier molecular flexibility index (Phi) is 5.32. The number of carbonyl (C=O) groups is 1. The van der Waals surface area contributed by atoms with Gasteiger partial charge in [-0.15, -0.1) is 0 Å². The number of benzene rings is 1. The molecular weight excluding hydrogens is 262 g/mol. The van der Waals surface area contributed by atoms with Crippen LogP contribution in [0.4, 0.5) is 11.5 Å². The Morgan fingerprint density at radius 2 is 1.90 bits per heavy atom. The Morgan fingerprint density at radius 1 is 1.14 bits per heavy atom. The molecule has 21 heavy (non-hydrogen) atoms. The van der Waals surface area contributed by atoms with Crippen LogP contribution in [0.5, 0.6) is 0 Å². The minimum Gasteiger partial charge on any atom is -0.384 e. The lowest BCUT2D eigenvalue weighted by Gasteiger charge is -2.09. The van der Waals surface area contributed by atoms with Gasteiger partial charge >= 0.3 is 0 Å². The minimum atomic E-state index is -0.149. The van der Waals surface area contributed by atoms with Gasteiger partial charge in [0.25, 0.3) is 5.91 Å². The number of aromatic nitrogens is 1. The van der Waals surface area contributed by atoms with E-state index in [4.69, 9.17) is 0 Å². The number of nitrogens with zero attached hydrogens (tertiary/aromatic N) is 1. The van der Waals surface area contributed by atoms with E-state index in [-0.39, 0.29) is 5.91 Å². The number of hydrogen-bond donors (Lipinski definition) is 2. The first-order valence-electron chi connectivity index (χ1n) is 7.21. The normalized spacial score (nSPS) is 10.4. The summed E-state index contributed by atoms with van der Waals surface area (Å²) in [4.78, 5) is 16.2. The van der Waals surface area contributed by atoms with E-state index in [9.17, 15) is 4.79 Å². The van der Waals surface area contributed by atoms with Crippen molar-refractivity contribution in [2.75, 3.05) is 17.2 Å². The summed E-state index contributed by atoms with van der Waals surface area (Å²) in [5, 5.41) is 6.09. The van der Waals surface area contributed by atoms with Gasteiger partial charge in [0.2, 0.25) is 0 Å². The minimum absolute atomic E-state index is 0.149. The van der Waals surface area contributed by atoms with Crippen molar-refractivity contribution < 1.29 is 4.79 Å². The second-order valence-corrected chi connectivity index (χ2v) is 5.36. The summed E-state index contributed by atoms with van der Waals surface area (Å²) in [5.41, 5.74) is 1.59. The molecule has 4 nitrogen and oxygen atoms in total. The fourth-order valence-corrected chi connectivity index (χ4v) is 1.86. The lowest BCUT2D eigenvalue weighted by Crippen LogP contribution is -2.13. The van der Waals surface area contributed by atoms with Gasteiger partial charge in [-0.3, -0.25) is 4.79 Å². The third-order valence-electron chi connectivity index (χ3n) is 3.09. The van der Waals surface area contributed by atoms with Crippen molar-refractivity contribution in [1.82, 2.24) is 4.98 Å². The van der Waals surface area contributed by atoms with Crippen molar-refractivity contribution in [1.29, 1.82) is 0 Å². The Morgan fingerprint density at radius 3 is 2.52 bits per heavy atom. The highest BCUT2D eigenvalue weighted by Crippen LogP contribution is 2.11. The van der Waals surface area contributed by atoms with Crippen LogP contribution in [0.15, 0.2) is 48.7 Å². The van der Waals surface area contributed by atoms with Gasteiger partial charge in [-0.1, -0.05) is 32.0 Å². The molecule has 0 fully saturated rings. The van der Waals surface area contributed by atoms with E-state index in [1.165, 1.54) is 0 Å². The van der Waals surface area contributed by atoms with E-state index in [2.05, 4.69) is 29.5 Å². The molecule has 0 aliphatic heterocycles. The third kappa shape index (κ3) is 4.91. The molecule has 0 aliphatic carbocycles. The quantitative estimate of drug-likeness (QED) is 0.848. The average Bonchev–Trinajstić information content (AvgIpc) is 2.49. The van der Waals surface area contributed by atoms with E-state index >= 15 is 0 Å². The molecule has 1 heterocycles. The highest BCUT2D eigenvalue weighted by atomic mass is 16.1. The standard InChI is InChI=1S/C17H21N3O/c1-13(2)10-11-18-15-8-9-16(19-12-15)20-17(21)14-6-4-3-5-7-14/h3-9,12-13,18H,10-11H2,1-2H3,(H,19,20,21). The Balaban J connectivity index is 1.89. The first-order chi connectivity index (χ1) is 10.1. The second kappa shape index (κ2) is 7.43. The monoisotopic (exact) mass is 283 g/mol. The molecule has 0 radical (unpaired) electrons. The molecule has 2 rings (SSSR count). The molecule has 110 valence electrons. The van der Waals surface area contributed by atoms with Gasteiger partial charge in [0.05, 0.1) is 11.9 Å². The summed E-state index contributed by atoms with van der Waals surface area (Å²) in [6, 6.07) is 12.8. The zero-order valence-corrected chi connectivity index (χ0v) is 12.5. The Hall–Kier alpha value is -2.36. The van der Waals surface area contributed by atoms with E-state index in [1.54, 1.807) is 24.4 Å². The molecular formula is C17H21N3O. The fraction of sp³-hybridized carbons (Fsp3) is 0.294. The van der Waals surface area contributed by atoms with E-state index in [0.717, 1.165) is 18.7 Å². The zero-order valence-electron chi connectivity index (χ0n) is 12.5. The summed E-state index contributed by atoms with van der Waals surface area (Å²) >= 11 is 0. The summed E-state index contributed by atoms with van der Waals surface area (Å²) in [6.45, 7) is 5.32. The maximum Gasteiger partial charge on any atom is 0.256 e. The van der Waals surface area contributed by atoms with Gasteiger partial charge in [0.15, 0.2) is 0 Å². The smallest absolute Gasteiger partial charge is 0.256 e.